The number of nitrogens with zero attached hydrogens (tertiary/aromatic N) is 2. The van der Waals surface area contributed by atoms with Gasteiger partial charge in [0.2, 0.25) is 11.8 Å². The quantitative estimate of drug-likeness (QED) is 0.664. The minimum Gasteiger partial charge on any atom is -0.333 e. The molecular weight excluding hydrogens is 310 g/mol. The molecule has 1 aromatic rings. The van der Waals surface area contributed by atoms with Crippen molar-refractivity contribution in [2.75, 3.05) is 18.4 Å². The number of carbonyl (C=O) groups is 2. The Labute approximate surface area is 142 Å². The fraction of sp³-hybridized carbons (Fsp3) is 0.706. The first-order chi connectivity index (χ1) is 11.1. The Balaban J connectivity index is 1.81. The molecule has 5 nitrogen and oxygen atoms in total. The number of rotatable bonds is 10. The number of thiazole rings is 1. The van der Waals surface area contributed by atoms with Gasteiger partial charge in [-0.3, -0.25) is 9.59 Å². The van der Waals surface area contributed by atoms with Gasteiger partial charge in [-0.05, 0) is 32.1 Å². The molecule has 23 heavy (non-hydrogen) atoms. The molecule has 1 fully saturated rings. The van der Waals surface area contributed by atoms with Gasteiger partial charge in [0, 0.05) is 24.0 Å². The highest BCUT2D eigenvalue weighted by Crippen LogP contribution is 2.30. The first-order valence-corrected chi connectivity index (χ1v) is 9.40. The van der Waals surface area contributed by atoms with Crippen LogP contribution < -0.4 is 5.32 Å². The summed E-state index contributed by atoms with van der Waals surface area (Å²) in [6.07, 6.45) is 8.97. The molecular formula is C17H27N3O2S. The van der Waals surface area contributed by atoms with Crippen molar-refractivity contribution in [2.24, 2.45) is 5.92 Å². The van der Waals surface area contributed by atoms with E-state index in [1.807, 2.05) is 6.92 Å². The summed E-state index contributed by atoms with van der Waals surface area (Å²) in [4.78, 5) is 31.5. The molecule has 1 heterocycles. The molecule has 0 atom stereocenters. The first-order valence-electron chi connectivity index (χ1n) is 8.58. The molecule has 6 heteroatoms. The summed E-state index contributed by atoms with van der Waals surface area (Å²) in [5.41, 5.74) is 0. The number of anilines is 1. The van der Waals surface area contributed by atoms with Crippen LogP contribution in [0.3, 0.4) is 0 Å². The van der Waals surface area contributed by atoms with Crippen molar-refractivity contribution in [3.05, 3.63) is 11.1 Å². The highest BCUT2D eigenvalue weighted by atomic mass is 32.1. The molecule has 2 rings (SSSR count). The molecule has 0 saturated heterocycles. The van der Waals surface area contributed by atoms with E-state index in [0.29, 0.717) is 17.5 Å². The molecule has 1 aromatic heterocycles. The second-order valence-electron chi connectivity index (χ2n) is 6.35. The van der Waals surface area contributed by atoms with Crippen molar-refractivity contribution < 1.29 is 9.59 Å². The highest BCUT2D eigenvalue weighted by Gasteiger charge is 2.27. The molecule has 0 unspecified atom stereocenters. The first kappa shape index (κ1) is 17.9. The molecule has 1 N–H and O–H groups in total. The van der Waals surface area contributed by atoms with Crippen LogP contribution in [0.25, 0.3) is 0 Å². The second-order valence-corrected chi connectivity index (χ2v) is 7.59. The predicted octanol–water partition coefficient (Wildman–Crippen LogP) is 3.60. The summed E-state index contributed by atoms with van der Waals surface area (Å²) >= 11 is 1.45. The largest absolute Gasteiger partial charge is 0.333 e. The van der Waals surface area contributed by atoms with Crippen LogP contribution in [0.4, 0.5) is 5.13 Å². The maximum Gasteiger partial charge on any atom is 0.245 e. The van der Waals surface area contributed by atoms with Crippen molar-refractivity contribution >= 4 is 28.3 Å². The van der Waals surface area contributed by atoms with Gasteiger partial charge >= 0.3 is 0 Å². The van der Waals surface area contributed by atoms with Crippen LogP contribution in [0.1, 0.15) is 56.7 Å². The maximum absolute atomic E-state index is 12.4. The van der Waals surface area contributed by atoms with E-state index in [1.165, 1.54) is 30.6 Å². The number of aromatic nitrogens is 1. The zero-order valence-corrected chi connectivity index (χ0v) is 15.0. The van der Waals surface area contributed by atoms with Crippen LogP contribution in [0.15, 0.2) is 6.20 Å². The van der Waals surface area contributed by atoms with Gasteiger partial charge in [0.15, 0.2) is 5.13 Å². The lowest BCUT2D eigenvalue weighted by molar-refractivity contribution is -0.135. The van der Waals surface area contributed by atoms with E-state index in [0.717, 1.165) is 30.7 Å². The Morgan fingerprint density at radius 2 is 2.13 bits per heavy atom. The Morgan fingerprint density at radius 1 is 1.35 bits per heavy atom. The lowest BCUT2D eigenvalue weighted by Gasteiger charge is -2.22. The van der Waals surface area contributed by atoms with Gasteiger partial charge in [-0.25, -0.2) is 4.98 Å². The Kier molecular flexibility index (Phi) is 7.02. The molecule has 1 saturated carbocycles. The standard InChI is InChI=1S/C17H27N3O2S/c1-3-4-5-6-7-16(22)20(11-14-8-9-14)12-15(21)19-17-18-10-13(2)23-17/h10,14H,3-9,11-12H2,1-2H3,(H,18,19,21). The molecule has 2 amide bonds. The summed E-state index contributed by atoms with van der Waals surface area (Å²) in [5, 5.41) is 3.40. The van der Waals surface area contributed by atoms with Crippen molar-refractivity contribution in [1.29, 1.82) is 0 Å². The molecule has 0 aliphatic heterocycles. The third-order valence-electron chi connectivity index (χ3n) is 3.97. The fourth-order valence-electron chi connectivity index (χ4n) is 2.47. The summed E-state index contributed by atoms with van der Waals surface area (Å²) in [5.74, 6) is 0.546. The number of hydrogen-bond acceptors (Lipinski definition) is 4. The van der Waals surface area contributed by atoms with Crippen LogP contribution in [0, 0.1) is 12.8 Å². The third kappa shape index (κ3) is 6.69. The number of aryl methyl sites for hydroxylation is 1. The molecule has 1 aliphatic carbocycles. The number of carbonyl (C=O) groups excluding carboxylic acids is 2. The highest BCUT2D eigenvalue weighted by molar-refractivity contribution is 7.15. The Bertz CT molecular complexity index is 526. The fourth-order valence-corrected chi connectivity index (χ4v) is 3.15. The monoisotopic (exact) mass is 337 g/mol. The smallest absolute Gasteiger partial charge is 0.245 e. The van der Waals surface area contributed by atoms with Gasteiger partial charge in [0.25, 0.3) is 0 Å². The number of nitrogens with one attached hydrogen (secondary N) is 1. The van der Waals surface area contributed by atoms with Gasteiger partial charge in [0.05, 0.1) is 6.54 Å². The Morgan fingerprint density at radius 3 is 2.74 bits per heavy atom. The van der Waals surface area contributed by atoms with E-state index in [1.54, 1.807) is 11.1 Å². The molecule has 128 valence electrons. The van der Waals surface area contributed by atoms with Gasteiger partial charge in [-0.1, -0.05) is 26.2 Å². The topological polar surface area (TPSA) is 62.3 Å². The van der Waals surface area contributed by atoms with Crippen molar-refractivity contribution in [3.63, 3.8) is 0 Å². The normalized spacial score (nSPS) is 13.8. The van der Waals surface area contributed by atoms with Gasteiger partial charge in [-0.15, -0.1) is 11.3 Å². The predicted molar refractivity (Wildman–Crippen MR) is 93.5 cm³/mol. The van der Waals surface area contributed by atoms with E-state index in [-0.39, 0.29) is 18.4 Å². The lowest BCUT2D eigenvalue weighted by Crippen LogP contribution is -2.39. The van der Waals surface area contributed by atoms with Crippen LogP contribution >= 0.6 is 11.3 Å². The van der Waals surface area contributed by atoms with E-state index in [9.17, 15) is 9.59 Å². The average molecular weight is 337 g/mol. The summed E-state index contributed by atoms with van der Waals surface area (Å²) in [7, 11) is 0. The van der Waals surface area contributed by atoms with Crippen LogP contribution in [-0.2, 0) is 9.59 Å². The maximum atomic E-state index is 12.4. The summed E-state index contributed by atoms with van der Waals surface area (Å²) in [6.45, 7) is 4.97. The SMILES string of the molecule is CCCCCCC(=O)N(CC(=O)Nc1ncc(C)s1)CC1CC1. The second kappa shape index (κ2) is 9.01. The van der Waals surface area contributed by atoms with Crippen molar-refractivity contribution in [3.8, 4) is 0 Å². The molecule has 1 aliphatic rings. The van der Waals surface area contributed by atoms with E-state index < -0.39 is 0 Å². The summed E-state index contributed by atoms with van der Waals surface area (Å²) in [6, 6.07) is 0. The van der Waals surface area contributed by atoms with Crippen LogP contribution in [0.2, 0.25) is 0 Å². The minimum absolute atomic E-state index is 0.110. The van der Waals surface area contributed by atoms with E-state index in [4.69, 9.17) is 0 Å². The molecule has 0 aromatic carbocycles. The summed E-state index contributed by atoms with van der Waals surface area (Å²) < 4.78 is 0. The zero-order valence-electron chi connectivity index (χ0n) is 14.1. The van der Waals surface area contributed by atoms with Crippen LogP contribution in [0.5, 0.6) is 0 Å². The lowest BCUT2D eigenvalue weighted by atomic mass is 10.1. The average Bonchev–Trinajstić information content (AvgIpc) is 3.24. The Hall–Kier alpha value is -1.43. The van der Waals surface area contributed by atoms with E-state index >= 15 is 0 Å². The van der Waals surface area contributed by atoms with Gasteiger partial charge < -0.3 is 10.2 Å². The van der Waals surface area contributed by atoms with Crippen molar-refractivity contribution in [1.82, 2.24) is 9.88 Å². The molecule has 0 radical (unpaired) electrons. The van der Waals surface area contributed by atoms with Crippen LogP contribution in [-0.4, -0.2) is 34.8 Å². The third-order valence-corrected chi connectivity index (χ3v) is 4.80. The molecule has 0 spiro atoms. The zero-order chi connectivity index (χ0) is 16.7. The van der Waals surface area contributed by atoms with Crippen molar-refractivity contribution in [2.45, 2.75) is 58.8 Å². The number of unbranched alkanes of at least 4 members (excludes halogenated alkanes) is 3. The molecule has 0 bridgehead atoms. The number of amides is 2. The van der Waals surface area contributed by atoms with E-state index in [2.05, 4.69) is 17.2 Å². The minimum atomic E-state index is -0.151. The van der Waals surface area contributed by atoms with Gasteiger partial charge in [0.1, 0.15) is 0 Å². The number of hydrogen-bond donors (Lipinski definition) is 1. The van der Waals surface area contributed by atoms with Gasteiger partial charge in [-0.2, -0.15) is 0 Å².